The minimum atomic E-state index is -1.82. The smallest absolute Gasteiger partial charge is 0.414 e. The lowest BCUT2D eigenvalue weighted by molar-refractivity contribution is -0.159. The van der Waals surface area contributed by atoms with Crippen LogP contribution >= 0.6 is 0 Å². The number of nitrogens with one attached hydrogen (secondary N) is 2. The number of rotatable bonds is 4. The summed E-state index contributed by atoms with van der Waals surface area (Å²) in [4.78, 5) is 18.2. The van der Waals surface area contributed by atoms with Crippen LogP contribution in [0, 0.1) is 46.7 Å². The summed E-state index contributed by atoms with van der Waals surface area (Å²) in [6.07, 6.45) is -3.43. The molecular weight excluding hydrogens is 508 g/mol. The summed E-state index contributed by atoms with van der Waals surface area (Å²) < 4.78 is 105. The Morgan fingerprint density at radius 1 is 0.639 bits per heavy atom. The highest BCUT2D eigenvalue weighted by molar-refractivity contribution is 6.27. The van der Waals surface area contributed by atoms with E-state index in [0.29, 0.717) is 50.4 Å². The third kappa shape index (κ3) is 7.37. The molecule has 0 aromatic heterocycles. The van der Waals surface area contributed by atoms with Gasteiger partial charge in [0.2, 0.25) is 0 Å². The van der Waals surface area contributed by atoms with Crippen LogP contribution in [0.5, 0.6) is 0 Å². The van der Waals surface area contributed by atoms with Gasteiger partial charge >= 0.3 is 11.9 Å². The minimum Gasteiger partial charge on any atom is -0.473 e. The Balaban J connectivity index is 0.000000208. The largest absolute Gasteiger partial charge is 0.473 e. The molecule has 198 valence electrons. The maximum atomic E-state index is 13.6. The van der Waals surface area contributed by atoms with E-state index in [0.717, 1.165) is 0 Å². The second-order valence-corrected chi connectivity index (χ2v) is 7.82. The van der Waals surface area contributed by atoms with E-state index >= 15 is 0 Å². The Hall–Kier alpha value is -3.26. The molecule has 4 rings (SSSR count). The fourth-order valence-electron chi connectivity index (χ4n) is 3.14. The molecule has 0 radical (unpaired) electrons. The van der Waals surface area contributed by atoms with Crippen LogP contribution in [0.4, 0.5) is 35.1 Å². The minimum absolute atomic E-state index is 0.386. The van der Waals surface area contributed by atoms with Crippen LogP contribution in [-0.2, 0) is 9.59 Å². The van der Waals surface area contributed by atoms with Gasteiger partial charge in [-0.2, -0.15) is 0 Å². The van der Waals surface area contributed by atoms with Gasteiger partial charge in [-0.3, -0.25) is 0 Å². The van der Waals surface area contributed by atoms with Gasteiger partial charge in [0.05, 0.1) is 11.1 Å². The third-order valence-electron chi connectivity index (χ3n) is 5.28. The zero-order chi connectivity index (χ0) is 27.2. The number of alkyl halides is 2. The van der Waals surface area contributed by atoms with Crippen LogP contribution in [0.3, 0.4) is 0 Å². The van der Waals surface area contributed by atoms with Gasteiger partial charge in [0.25, 0.3) is 0 Å². The predicted molar refractivity (Wildman–Crippen MR) is 108 cm³/mol. The SMILES string of the molecule is Fc1cc(F)c(C(F)C2CNC2)c(F)c1.Fc1cc(F)c(C(F)C2CNC2)c(F)c1.O=C(O)C(=O)O. The van der Waals surface area contributed by atoms with E-state index in [9.17, 15) is 35.1 Å². The molecule has 2 aliphatic rings. The second-order valence-electron chi connectivity index (χ2n) is 7.82. The first-order valence-electron chi connectivity index (χ1n) is 10.3. The van der Waals surface area contributed by atoms with Crippen molar-refractivity contribution in [2.45, 2.75) is 12.3 Å². The highest BCUT2D eigenvalue weighted by Gasteiger charge is 2.33. The Morgan fingerprint density at radius 3 is 1.06 bits per heavy atom. The summed E-state index contributed by atoms with van der Waals surface area (Å²) in [6.45, 7) is 1.55. The van der Waals surface area contributed by atoms with Gasteiger partial charge in [0.15, 0.2) is 0 Å². The van der Waals surface area contributed by atoms with Crippen molar-refractivity contribution in [3.63, 3.8) is 0 Å². The van der Waals surface area contributed by atoms with E-state index in [1.165, 1.54) is 0 Å². The third-order valence-corrected chi connectivity index (χ3v) is 5.28. The molecule has 2 unspecified atom stereocenters. The van der Waals surface area contributed by atoms with Gasteiger partial charge in [-0.25, -0.2) is 44.7 Å². The molecule has 0 aliphatic carbocycles. The Labute approximate surface area is 198 Å². The normalized spacial score (nSPS) is 16.8. The highest BCUT2D eigenvalue weighted by Crippen LogP contribution is 2.34. The summed E-state index contributed by atoms with van der Waals surface area (Å²) in [5.41, 5.74) is -1.33. The van der Waals surface area contributed by atoms with Crippen molar-refractivity contribution in [1.29, 1.82) is 0 Å². The number of carboxylic acid groups (broad SMARTS) is 2. The van der Waals surface area contributed by atoms with Crippen LogP contribution in [0.15, 0.2) is 24.3 Å². The molecule has 0 bridgehead atoms. The summed E-state index contributed by atoms with van der Waals surface area (Å²) in [5, 5.41) is 20.4. The maximum Gasteiger partial charge on any atom is 0.414 e. The molecule has 0 spiro atoms. The van der Waals surface area contributed by atoms with Crippen LogP contribution in [0.25, 0.3) is 0 Å². The molecule has 14 heteroatoms. The van der Waals surface area contributed by atoms with E-state index in [1.54, 1.807) is 0 Å². The average molecular weight is 528 g/mol. The molecular formula is C22H20F8N2O4. The van der Waals surface area contributed by atoms with Crippen LogP contribution in [-0.4, -0.2) is 48.3 Å². The van der Waals surface area contributed by atoms with Crippen molar-refractivity contribution in [2.75, 3.05) is 26.2 Å². The molecule has 2 aliphatic heterocycles. The molecule has 2 atom stereocenters. The monoisotopic (exact) mass is 528 g/mol. The average Bonchev–Trinajstić information content (AvgIpc) is 2.64. The number of benzene rings is 2. The van der Waals surface area contributed by atoms with Gasteiger partial charge in [0.1, 0.15) is 47.2 Å². The lowest BCUT2D eigenvalue weighted by atomic mass is 9.91. The number of carboxylic acids is 2. The highest BCUT2D eigenvalue weighted by atomic mass is 19.2. The van der Waals surface area contributed by atoms with E-state index in [2.05, 4.69) is 10.6 Å². The van der Waals surface area contributed by atoms with E-state index < -0.39 is 82.1 Å². The lowest BCUT2D eigenvalue weighted by Gasteiger charge is -2.30. The molecule has 0 saturated carbocycles. The van der Waals surface area contributed by atoms with Crippen molar-refractivity contribution >= 4 is 11.9 Å². The Morgan fingerprint density at radius 2 is 0.889 bits per heavy atom. The first kappa shape index (κ1) is 29.0. The number of hydrogen-bond acceptors (Lipinski definition) is 4. The van der Waals surface area contributed by atoms with Crippen molar-refractivity contribution in [2.24, 2.45) is 11.8 Å². The standard InChI is InChI=1S/2C10H9F4N.C2H2O4/c2*11-6-1-7(12)9(8(13)2-6)10(14)5-3-15-4-5;3-1(4)2(5)6/h2*1-2,5,10,15H,3-4H2;(H,3,4)(H,5,6). The molecule has 0 amide bonds. The molecule has 4 N–H and O–H groups in total. The second kappa shape index (κ2) is 12.6. The topological polar surface area (TPSA) is 98.7 Å². The van der Waals surface area contributed by atoms with E-state index in [4.69, 9.17) is 19.8 Å². The van der Waals surface area contributed by atoms with Gasteiger partial charge in [0, 0.05) is 62.3 Å². The summed E-state index contributed by atoms with van der Waals surface area (Å²) in [6, 6.07) is 1.99. The lowest BCUT2D eigenvalue weighted by Crippen LogP contribution is -2.44. The number of hydrogen-bond donors (Lipinski definition) is 4. The van der Waals surface area contributed by atoms with Gasteiger partial charge < -0.3 is 20.8 Å². The first-order chi connectivity index (χ1) is 16.8. The number of halogens is 8. The van der Waals surface area contributed by atoms with Crippen molar-refractivity contribution in [1.82, 2.24) is 10.6 Å². The first-order valence-corrected chi connectivity index (χ1v) is 10.3. The maximum absolute atomic E-state index is 13.6. The van der Waals surface area contributed by atoms with Gasteiger partial charge in [-0.05, 0) is 0 Å². The van der Waals surface area contributed by atoms with Crippen molar-refractivity contribution in [3.05, 3.63) is 70.3 Å². The summed E-state index contributed by atoms with van der Waals surface area (Å²) in [5.74, 6) is -11.2. The Bertz CT molecular complexity index is 964. The van der Waals surface area contributed by atoms with E-state index in [1.807, 2.05) is 0 Å². The summed E-state index contributed by atoms with van der Waals surface area (Å²) in [7, 11) is 0. The predicted octanol–water partition coefficient (Wildman–Crippen LogP) is 3.82. The molecule has 36 heavy (non-hydrogen) atoms. The van der Waals surface area contributed by atoms with Crippen LogP contribution in [0.2, 0.25) is 0 Å². The molecule has 2 fully saturated rings. The summed E-state index contributed by atoms with van der Waals surface area (Å²) >= 11 is 0. The van der Waals surface area contributed by atoms with Crippen molar-refractivity contribution < 1.29 is 54.9 Å². The zero-order valence-electron chi connectivity index (χ0n) is 18.2. The molecule has 2 aromatic rings. The van der Waals surface area contributed by atoms with Gasteiger partial charge in [-0.15, -0.1) is 0 Å². The molecule has 2 heterocycles. The fraction of sp³-hybridized carbons (Fsp3) is 0.364. The van der Waals surface area contributed by atoms with Crippen molar-refractivity contribution in [3.8, 4) is 0 Å². The molecule has 6 nitrogen and oxygen atoms in total. The fourth-order valence-corrected chi connectivity index (χ4v) is 3.14. The van der Waals surface area contributed by atoms with Crippen LogP contribution in [0.1, 0.15) is 23.5 Å². The Kier molecular flexibility index (Phi) is 10.2. The van der Waals surface area contributed by atoms with Gasteiger partial charge in [-0.1, -0.05) is 0 Å². The number of carbonyl (C=O) groups is 2. The quantitative estimate of drug-likeness (QED) is 0.356. The van der Waals surface area contributed by atoms with E-state index in [-0.39, 0.29) is 0 Å². The van der Waals surface area contributed by atoms with Crippen LogP contribution < -0.4 is 10.6 Å². The molecule has 2 saturated heterocycles. The zero-order valence-corrected chi connectivity index (χ0v) is 18.2. The number of aliphatic carboxylic acids is 2. The molecule has 2 aromatic carbocycles.